The first-order chi connectivity index (χ1) is 13.2. The Balaban J connectivity index is 1.74. The number of pyridine rings is 1. The zero-order valence-corrected chi connectivity index (χ0v) is 16.7. The Bertz CT molecular complexity index is 917. The van der Waals surface area contributed by atoms with Crippen LogP contribution in [0.5, 0.6) is 0 Å². The predicted molar refractivity (Wildman–Crippen MR) is 112 cm³/mol. The lowest BCUT2D eigenvalue weighted by molar-refractivity contribution is 0.173. The smallest absolute Gasteiger partial charge is 0.137 e. The third kappa shape index (κ3) is 3.70. The molecule has 1 fully saturated rings. The van der Waals surface area contributed by atoms with Gasteiger partial charge in [0.2, 0.25) is 0 Å². The van der Waals surface area contributed by atoms with Crippen molar-refractivity contribution >= 4 is 27.9 Å². The average molecular weight is 383 g/mol. The zero-order valence-electron chi connectivity index (χ0n) is 15.9. The highest BCUT2D eigenvalue weighted by molar-refractivity contribution is 7.15. The topological polar surface area (TPSA) is 52.5 Å². The van der Waals surface area contributed by atoms with E-state index >= 15 is 0 Å². The summed E-state index contributed by atoms with van der Waals surface area (Å²) in [6.45, 7) is 9.43. The Labute approximate surface area is 164 Å². The number of fused-ring (bicyclic) bond motifs is 1. The highest BCUT2D eigenvalue weighted by Gasteiger charge is 2.20. The van der Waals surface area contributed by atoms with E-state index in [1.54, 1.807) is 0 Å². The van der Waals surface area contributed by atoms with Crippen molar-refractivity contribution in [2.45, 2.75) is 26.4 Å². The second-order valence-corrected chi connectivity index (χ2v) is 8.02. The molecule has 1 aromatic carbocycles. The van der Waals surface area contributed by atoms with E-state index in [0.29, 0.717) is 6.42 Å². The zero-order chi connectivity index (χ0) is 18.8. The van der Waals surface area contributed by atoms with E-state index in [2.05, 4.69) is 52.0 Å². The quantitative estimate of drug-likeness (QED) is 0.724. The lowest BCUT2D eigenvalue weighted by atomic mass is 10.1. The van der Waals surface area contributed by atoms with E-state index < -0.39 is 6.10 Å². The molecule has 0 aliphatic carbocycles. The summed E-state index contributed by atoms with van der Waals surface area (Å²) in [6.07, 6.45) is 2.02. The standard InChI is InChI=1S/C21H26N4OS/c1-3-18(26)21-22-14-19(27-21)17-13-15-7-5-6-8-16(15)20(23-17)25-11-9-24(4-2)10-12-25/h5-8,13-14,18,26H,3-4,9-12H2,1-2H3. The summed E-state index contributed by atoms with van der Waals surface area (Å²) >= 11 is 1.54. The van der Waals surface area contributed by atoms with Crippen molar-refractivity contribution < 1.29 is 5.11 Å². The van der Waals surface area contributed by atoms with Gasteiger partial charge in [0, 0.05) is 37.8 Å². The average Bonchev–Trinajstić information content (AvgIpc) is 3.23. The lowest BCUT2D eigenvalue weighted by Gasteiger charge is -2.35. The van der Waals surface area contributed by atoms with Crippen molar-refractivity contribution in [3.05, 3.63) is 41.5 Å². The Morgan fingerprint density at radius 2 is 1.93 bits per heavy atom. The molecule has 142 valence electrons. The maximum atomic E-state index is 10.1. The third-order valence-corrected chi connectivity index (χ3v) is 6.41. The van der Waals surface area contributed by atoms with Gasteiger partial charge in [0.25, 0.3) is 0 Å². The fourth-order valence-electron chi connectivity index (χ4n) is 3.56. The number of rotatable bonds is 5. The van der Waals surface area contributed by atoms with E-state index in [9.17, 15) is 5.11 Å². The van der Waals surface area contributed by atoms with Crippen LogP contribution in [0.15, 0.2) is 36.5 Å². The van der Waals surface area contributed by atoms with E-state index in [1.165, 1.54) is 22.1 Å². The highest BCUT2D eigenvalue weighted by Crippen LogP contribution is 2.34. The van der Waals surface area contributed by atoms with Gasteiger partial charge < -0.3 is 14.9 Å². The summed E-state index contributed by atoms with van der Waals surface area (Å²) < 4.78 is 0. The first-order valence-corrected chi connectivity index (χ1v) is 10.5. The lowest BCUT2D eigenvalue weighted by Crippen LogP contribution is -2.46. The molecule has 1 unspecified atom stereocenters. The van der Waals surface area contributed by atoms with Gasteiger partial charge in [-0.1, -0.05) is 38.1 Å². The molecule has 5 nitrogen and oxygen atoms in total. The molecule has 1 N–H and O–H groups in total. The number of hydrogen-bond acceptors (Lipinski definition) is 6. The van der Waals surface area contributed by atoms with Gasteiger partial charge in [0.1, 0.15) is 16.9 Å². The normalized spacial score (nSPS) is 16.8. The molecule has 0 saturated carbocycles. The van der Waals surface area contributed by atoms with Gasteiger partial charge in [-0.25, -0.2) is 9.97 Å². The first kappa shape index (κ1) is 18.3. The van der Waals surface area contributed by atoms with Gasteiger partial charge >= 0.3 is 0 Å². The number of aromatic nitrogens is 2. The fourth-order valence-corrected chi connectivity index (χ4v) is 4.51. The number of hydrogen-bond donors (Lipinski definition) is 1. The van der Waals surface area contributed by atoms with E-state index in [-0.39, 0.29) is 0 Å². The van der Waals surface area contributed by atoms with Gasteiger partial charge in [-0.2, -0.15) is 0 Å². The maximum Gasteiger partial charge on any atom is 0.137 e. The van der Waals surface area contributed by atoms with Crippen molar-refractivity contribution in [1.82, 2.24) is 14.9 Å². The largest absolute Gasteiger partial charge is 0.386 e. The molecule has 1 saturated heterocycles. The van der Waals surface area contributed by atoms with Crippen molar-refractivity contribution in [3.63, 3.8) is 0 Å². The first-order valence-electron chi connectivity index (χ1n) is 9.70. The number of aliphatic hydroxyl groups is 1. The summed E-state index contributed by atoms with van der Waals surface area (Å²) in [7, 11) is 0. The van der Waals surface area contributed by atoms with Crippen LogP contribution in [-0.2, 0) is 0 Å². The monoisotopic (exact) mass is 382 g/mol. The van der Waals surface area contributed by atoms with Crippen LogP contribution in [0.2, 0.25) is 0 Å². The molecule has 0 amide bonds. The second kappa shape index (κ2) is 7.92. The van der Waals surface area contributed by atoms with Gasteiger partial charge in [-0.15, -0.1) is 11.3 Å². The summed E-state index contributed by atoms with van der Waals surface area (Å²) in [5.41, 5.74) is 0.939. The molecule has 1 aliphatic rings. The van der Waals surface area contributed by atoms with Crippen molar-refractivity contribution in [3.8, 4) is 10.6 Å². The molecule has 4 rings (SSSR count). The predicted octanol–water partition coefficient (Wildman–Crippen LogP) is 3.94. The summed E-state index contributed by atoms with van der Waals surface area (Å²) in [5.74, 6) is 1.06. The van der Waals surface area contributed by atoms with E-state index in [1.807, 2.05) is 13.1 Å². The van der Waals surface area contributed by atoms with Crippen LogP contribution in [0.4, 0.5) is 5.82 Å². The number of thiazole rings is 1. The summed E-state index contributed by atoms with van der Waals surface area (Å²) in [5, 5.41) is 13.2. The van der Waals surface area contributed by atoms with Gasteiger partial charge in [-0.05, 0) is 24.4 Å². The summed E-state index contributed by atoms with van der Waals surface area (Å²) in [6, 6.07) is 10.6. The number of nitrogens with zero attached hydrogens (tertiary/aromatic N) is 4. The maximum absolute atomic E-state index is 10.1. The molecule has 6 heteroatoms. The number of anilines is 1. The minimum atomic E-state index is -0.495. The van der Waals surface area contributed by atoms with Crippen LogP contribution in [0.3, 0.4) is 0 Å². The molecule has 0 bridgehead atoms. The molecule has 27 heavy (non-hydrogen) atoms. The van der Waals surface area contributed by atoms with Gasteiger partial charge in [-0.3, -0.25) is 0 Å². The van der Waals surface area contributed by atoms with Crippen molar-refractivity contribution in [2.24, 2.45) is 0 Å². The second-order valence-electron chi connectivity index (χ2n) is 6.96. The molecule has 0 radical (unpaired) electrons. The number of likely N-dealkylation sites (N-methyl/N-ethyl adjacent to an activating group) is 1. The van der Waals surface area contributed by atoms with Crippen LogP contribution in [0.25, 0.3) is 21.3 Å². The Hall–Kier alpha value is -2.02. The van der Waals surface area contributed by atoms with Crippen LogP contribution >= 0.6 is 11.3 Å². The molecule has 3 heterocycles. The van der Waals surface area contributed by atoms with Crippen LogP contribution in [0.1, 0.15) is 31.4 Å². The molecule has 1 atom stereocenters. The van der Waals surface area contributed by atoms with E-state index in [0.717, 1.165) is 54.1 Å². The van der Waals surface area contributed by atoms with Crippen LogP contribution in [0, 0.1) is 0 Å². The Morgan fingerprint density at radius 3 is 2.67 bits per heavy atom. The number of aliphatic hydroxyl groups excluding tert-OH is 1. The van der Waals surface area contributed by atoms with Crippen molar-refractivity contribution in [1.29, 1.82) is 0 Å². The molecule has 0 spiro atoms. The van der Waals surface area contributed by atoms with Gasteiger partial charge in [0.15, 0.2) is 0 Å². The van der Waals surface area contributed by atoms with Gasteiger partial charge in [0.05, 0.1) is 10.6 Å². The molecule has 1 aliphatic heterocycles. The molecular formula is C21H26N4OS. The minimum absolute atomic E-state index is 0.495. The van der Waals surface area contributed by atoms with E-state index in [4.69, 9.17) is 4.98 Å². The molecule has 3 aromatic rings. The third-order valence-electron chi connectivity index (χ3n) is 5.29. The summed E-state index contributed by atoms with van der Waals surface area (Å²) in [4.78, 5) is 15.3. The molecular weight excluding hydrogens is 356 g/mol. The van der Waals surface area contributed by atoms with Crippen LogP contribution < -0.4 is 4.90 Å². The van der Waals surface area contributed by atoms with Crippen molar-refractivity contribution in [2.75, 3.05) is 37.6 Å². The Kier molecular flexibility index (Phi) is 5.38. The highest BCUT2D eigenvalue weighted by atomic mass is 32.1. The Morgan fingerprint density at radius 1 is 1.15 bits per heavy atom. The number of benzene rings is 1. The SMILES string of the molecule is CCC(O)c1ncc(-c2cc3ccccc3c(N3CCN(CC)CC3)n2)s1. The molecule has 2 aromatic heterocycles. The fraction of sp³-hybridized carbons (Fsp3) is 0.429. The number of piperazine rings is 1. The minimum Gasteiger partial charge on any atom is -0.386 e. The van der Waals surface area contributed by atoms with Crippen LogP contribution in [-0.4, -0.2) is 52.7 Å².